The highest BCUT2D eigenvalue weighted by Crippen LogP contribution is 1.97. The van der Waals surface area contributed by atoms with E-state index in [-0.39, 0.29) is 18.1 Å². The first-order valence-corrected chi connectivity index (χ1v) is 6.27. The van der Waals surface area contributed by atoms with Crippen LogP contribution in [0.5, 0.6) is 0 Å². The van der Waals surface area contributed by atoms with E-state index >= 15 is 0 Å². The van der Waals surface area contributed by atoms with Crippen molar-refractivity contribution in [2.75, 3.05) is 0 Å². The lowest BCUT2D eigenvalue weighted by molar-refractivity contribution is -0.121. The van der Waals surface area contributed by atoms with Crippen molar-refractivity contribution in [3.05, 3.63) is 58.8 Å². The van der Waals surface area contributed by atoms with Crippen LogP contribution in [0.25, 0.3) is 0 Å². The standard InChI is InChI=1S/C14H17N3O2/c1-2-16-8-9-17(14(16)19)11-13(18)15-10-12-6-4-3-5-7-12/h3-9H,2,10-11H2,1H3,(H,15,18). The minimum absolute atomic E-state index is 0.0542. The molecular formula is C14H17N3O2. The monoisotopic (exact) mass is 259 g/mol. The minimum atomic E-state index is -0.167. The van der Waals surface area contributed by atoms with Gasteiger partial charge in [-0.2, -0.15) is 0 Å². The summed E-state index contributed by atoms with van der Waals surface area (Å²) < 4.78 is 2.97. The molecule has 0 saturated heterocycles. The Hall–Kier alpha value is -2.30. The summed E-state index contributed by atoms with van der Waals surface area (Å²) in [6, 6.07) is 9.67. The highest BCUT2D eigenvalue weighted by atomic mass is 16.2. The number of nitrogens with zero attached hydrogens (tertiary/aromatic N) is 2. The fraction of sp³-hybridized carbons (Fsp3) is 0.286. The smallest absolute Gasteiger partial charge is 0.328 e. The van der Waals surface area contributed by atoms with E-state index in [1.54, 1.807) is 17.0 Å². The molecule has 0 saturated carbocycles. The molecule has 0 atom stereocenters. The largest absolute Gasteiger partial charge is 0.350 e. The third-order valence-corrected chi connectivity index (χ3v) is 2.91. The molecule has 100 valence electrons. The molecule has 1 aromatic carbocycles. The number of aryl methyl sites for hydroxylation is 1. The Kier molecular flexibility index (Phi) is 4.18. The maximum Gasteiger partial charge on any atom is 0.328 e. The molecule has 0 unspecified atom stereocenters. The quantitative estimate of drug-likeness (QED) is 0.870. The molecule has 1 heterocycles. The molecular weight excluding hydrogens is 242 g/mol. The topological polar surface area (TPSA) is 56.0 Å². The van der Waals surface area contributed by atoms with Gasteiger partial charge in [-0.05, 0) is 12.5 Å². The number of aromatic nitrogens is 2. The van der Waals surface area contributed by atoms with Crippen molar-refractivity contribution in [1.82, 2.24) is 14.5 Å². The van der Waals surface area contributed by atoms with Gasteiger partial charge in [-0.3, -0.25) is 13.9 Å². The van der Waals surface area contributed by atoms with Crippen molar-refractivity contribution in [3.63, 3.8) is 0 Å². The number of nitrogens with one attached hydrogen (secondary N) is 1. The first-order valence-electron chi connectivity index (χ1n) is 6.27. The summed E-state index contributed by atoms with van der Waals surface area (Å²) in [5, 5.41) is 2.79. The Labute approximate surface area is 111 Å². The van der Waals surface area contributed by atoms with Gasteiger partial charge in [0, 0.05) is 25.5 Å². The molecule has 1 N–H and O–H groups in total. The highest BCUT2D eigenvalue weighted by Gasteiger charge is 2.06. The van der Waals surface area contributed by atoms with Crippen molar-refractivity contribution >= 4 is 5.91 Å². The van der Waals surface area contributed by atoms with E-state index in [0.29, 0.717) is 13.1 Å². The first kappa shape index (κ1) is 13.1. The van der Waals surface area contributed by atoms with Crippen molar-refractivity contribution in [1.29, 1.82) is 0 Å². The Morgan fingerprint density at radius 1 is 1.16 bits per heavy atom. The van der Waals surface area contributed by atoms with Gasteiger partial charge >= 0.3 is 5.69 Å². The lowest BCUT2D eigenvalue weighted by atomic mass is 10.2. The summed E-state index contributed by atoms with van der Waals surface area (Å²) in [6.07, 6.45) is 3.32. The van der Waals surface area contributed by atoms with Crippen molar-refractivity contribution in [2.45, 2.75) is 26.6 Å². The van der Waals surface area contributed by atoms with Crippen LogP contribution in [0.4, 0.5) is 0 Å². The SMILES string of the molecule is CCn1ccn(CC(=O)NCc2ccccc2)c1=O. The van der Waals surface area contributed by atoms with E-state index in [0.717, 1.165) is 5.56 Å². The fourth-order valence-corrected chi connectivity index (χ4v) is 1.82. The number of benzene rings is 1. The van der Waals surface area contributed by atoms with E-state index in [1.807, 2.05) is 37.3 Å². The number of hydrogen-bond acceptors (Lipinski definition) is 2. The zero-order valence-corrected chi connectivity index (χ0v) is 10.9. The number of hydrogen-bond donors (Lipinski definition) is 1. The maximum absolute atomic E-state index is 11.8. The summed E-state index contributed by atoms with van der Waals surface area (Å²) >= 11 is 0. The predicted octanol–water partition coefficient (Wildman–Crippen LogP) is 0.986. The number of imidazole rings is 1. The Morgan fingerprint density at radius 3 is 2.47 bits per heavy atom. The normalized spacial score (nSPS) is 10.4. The maximum atomic E-state index is 11.8. The zero-order valence-electron chi connectivity index (χ0n) is 10.9. The van der Waals surface area contributed by atoms with Crippen molar-refractivity contribution < 1.29 is 4.79 Å². The lowest BCUT2D eigenvalue weighted by Crippen LogP contribution is -2.32. The van der Waals surface area contributed by atoms with Crippen molar-refractivity contribution in [2.24, 2.45) is 0 Å². The van der Waals surface area contributed by atoms with Crippen molar-refractivity contribution in [3.8, 4) is 0 Å². The van der Waals surface area contributed by atoms with Crippen LogP contribution in [0.2, 0.25) is 0 Å². The molecule has 0 aliphatic rings. The molecule has 19 heavy (non-hydrogen) atoms. The lowest BCUT2D eigenvalue weighted by Gasteiger charge is -2.05. The van der Waals surface area contributed by atoms with Crippen LogP contribution in [-0.2, 0) is 24.4 Å². The average molecular weight is 259 g/mol. The van der Waals surface area contributed by atoms with Crippen LogP contribution in [0.15, 0.2) is 47.5 Å². The van der Waals surface area contributed by atoms with Crippen LogP contribution < -0.4 is 11.0 Å². The molecule has 0 radical (unpaired) electrons. The molecule has 0 aliphatic heterocycles. The molecule has 0 fully saturated rings. The zero-order chi connectivity index (χ0) is 13.7. The minimum Gasteiger partial charge on any atom is -0.350 e. The van der Waals surface area contributed by atoms with E-state index in [2.05, 4.69) is 5.32 Å². The molecule has 0 spiro atoms. The molecule has 5 nitrogen and oxygen atoms in total. The summed E-state index contributed by atoms with van der Waals surface area (Å²) in [4.78, 5) is 23.5. The van der Waals surface area contributed by atoms with Crippen LogP contribution in [0.3, 0.4) is 0 Å². The van der Waals surface area contributed by atoms with Crippen LogP contribution in [0, 0.1) is 0 Å². The summed E-state index contributed by atoms with van der Waals surface area (Å²) in [6.45, 7) is 3.03. The van der Waals surface area contributed by atoms with E-state index in [1.165, 1.54) is 4.57 Å². The Balaban J connectivity index is 1.91. The fourth-order valence-electron chi connectivity index (χ4n) is 1.82. The number of carbonyl (C=O) groups excluding carboxylic acids is 1. The second-order valence-corrected chi connectivity index (χ2v) is 4.26. The number of rotatable bonds is 5. The highest BCUT2D eigenvalue weighted by molar-refractivity contribution is 5.75. The third kappa shape index (κ3) is 3.34. The van der Waals surface area contributed by atoms with Crippen LogP contribution >= 0.6 is 0 Å². The summed E-state index contributed by atoms with van der Waals surface area (Å²) in [5.74, 6) is -0.167. The van der Waals surface area contributed by atoms with Gasteiger partial charge in [0.1, 0.15) is 6.54 Å². The van der Waals surface area contributed by atoms with Gasteiger partial charge in [-0.15, -0.1) is 0 Å². The van der Waals surface area contributed by atoms with Crippen LogP contribution in [0.1, 0.15) is 12.5 Å². The molecule has 2 rings (SSSR count). The van der Waals surface area contributed by atoms with Gasteiger partial charge in [0.15, 0.2) is 0 Å². The molecule has 1 amide bonds. The average Bonchev–Trinajstić information content (AvgIpc) is 2.78. The number of amides is 1. The van der Waals surface area contributed by atoms with Gasteiger partial charge in [0.05, 0.1) is 0 Å². The third-order valence-electron chi connectivity index (χ3n) is 2.91. The molecule has 5 heteroatoms. The second-order valence-electron chi connectivity index (χ2n) is 4.26. The number of carbonyl (C=O) groups is 1. The Bertz CT molecular complexity index is 599. The van der Waals surface area contributed by atoms with Gasteiger partial charge < -0.3 is 5.32 Å². The van der Waals surface area contributed by atoms with Gasteiger partial charge in [-0.25, -0.2) is 4.79 Å². The molecule has 2 aromatic rings. The second kappa shape index (κ2) is 6.04. The molecule has 0 bridgehead atoms. The van der Waals surface area contributed by atoms with Gasteiger partial charge in [0.25, 0.3) is 0 Å². The molecule has 1 aromatic heterocycles. The van der Waals surface area contributed by atoms with Crippen LogP contribution in [-0.4, -0.2) is 15.0 Å². The Morgan fingerprint density at radius 2 is 1.84 bits per heavy atom. The van der Waals surface area contributed by atoms with E-state index in [9.17, 15) is 9.59 Å². The predicted molar refractivity (Wildman–Crippen MR) is 72.7 cm³/mol. The van der Waals surface area contributed by atoms with E-state index in [4.69, 9.17) is 0 Å². The first-order chi connectivity index (χ1) is 9.20. The van der Waals surface area contributed by atoms with Gasteiger partial charge in [-0.1, -0.05) is 30.3 Å². The summed E-state index contributed by atoms with van der Waals surface area (Å²) in [5.41, 5.74) is 0.881. The molecule has 0 aliphatic carbocycles. The summed E-state index contributed by atoms with van der Waals surface area (Å²) in [7, 11) is 0. The van der Waals surface area contributed by atoms with E-state index < -0.39 is 0 Å². The van der Waals surface area contributed by atoms with Gasteiger partial charge in [0.2, 0.25) is 5.91 Å².